The van der Waals surface area contributed by atoms with Crippen LogP contribution < -0.4 is 10.0 Å². The number of nitrogens with zero attached hydrogens (tertiary/aromatic N) is 2. The zero-order valence-corrected chi connectivity index (χ0v) is 18.2. The van der Waals surface area contributed by atoms with Crippen LogP contribution in [0, 0.1) is 12.8 Å². The summed E-state index contributed by atoms with van der Waals surface area (Å²) < 4.78 is 27.9. The molecule has 0 radical (unpaired) electrons. The molecule has 1 fully saturated rings. The second-order valence-corrected chi connectivity index (χ2v) is 9.61. The highest BCUT2D eigenvalue weighted by Crippen LogP contribution is 2.30. The molecule has 2 amide bonds. The van der Waals surface area contributed by atoms with E-state index in [2.05, 4.69) is 0 Å². The van der Waals surface area contributed by atoms with E-state index in [-0.39, 0.29) is 29.2 Å². The smallest absolute Gasteiger partial charge is 0.264 e. The van der Waals surface area contributed by atoms with Gasteiger partial charge in [0.1, 0.15) is 6.54 Å². The van der Waals surface area contributed by atoms with Gasteiger partial charge in [-0.25, -0.2) is 8.42 Å². The fourth-order valence-corrected chi connectivity index (χ4v) is 5.16. The van der Waals surface area contributed by atoms with Crippen LogP contribution in [-0.2, 0) is 19.6 Å². The third kappa shape index (κ3) is 4.76. The molecule has 160 valence electrons. The number of nitrogens with two attached hydrogens (primary N) is 1. The van der Waals surface area contributed by atoms with E-state index in [4.69, 9.17) is 17.3 Å². The van der Waals surface area contributed by atoms with E-state index in [1.165, 1.54) is 12.1 Å². The molecule has 1 heterocycles. The Morgan fingerprint density at radius 3 is 2.37 bits per heavy atom. The third-order valence-corrected chi connectivity index (χ3v) is 7.31. The van der Waals surface area contributed by atoms with E-state index >= 15 is 0 Å². The normalized spacial score (nSPS) is 15.1. The minimum Gasteiger partial charge on any atom is -0.369 e. The number of carbonyl (C=O) groups excluding carboxylic acids is 2. The van der Waals surface area contributed by atoms with Crippen LogP contribution in [0.4, 0.5) is 5.69 Å². The summed E-state index contributed by atoms with van der Waals surface area (Å²) in [5.74, 6) is -0.963. The van der Waals surface area contributed by atoms with Crippen molar-refractivity contribution in [2.45, 2.75) is 24.7 Å². The van der Waals surface area contributed by atoms with Crippen LogP contribution >= 0.6 is 11.6 Å². The van der Waals surface area contributed by atoms with Crippen LogP contribution in [0.15, 0.2) is 53.4 Å². The number of anilines is 1. The first kappa shape index (κ1) is 22.1. The van der Waals surface area contributed by atoms with Crippen LogP contribution in [0.5, 0.6) is 0 Å². The number of rotatable bonds is 6. The van der Waals surface area contributed by atoms with Gasteiger partial charge in [-0.05, 0) is 49.6 Å². The third-order valence-electron chi connectivity index (χ3n) is 5.30. The maximum absolute atomic E-state index is 13.4. The minimum absolute atomic E-state index is 0.0876. The fourth-order valence-electron chi connectivity index (χ4n) is 3.51. The average molecular weight is 450 g/mol. The standard InChI is InChI=1S/C21H24ClN3O4S/c1-15-7-8-17(22)13-19(15)25(30(28,29)18-5-3-2-4-6-18)14-20(26)24-11-9-16(10-12-24)21(23)27/h2-8,13,16H,9-12,14H2,1H3,(H2,23,27). The maximum Gasteiger partial charge on any atom is 0.264 e. The van der Waals surface area contributed by atoms with Crippen molar-refractivity contribution in [2.24, 2.45) is 11.7 Å². The molecular formula is C21H24ClN3O4S. The molecular weight excluding hydrogens is 426 g/mol. The Hall–Kier alpha value is -2.58. The van der Waals surface area contributed by atoms with Gasteiger partial charge < -0.3 is 10.6 Å². The van der Waals surface area contributed by atoms with Crippen LogP contribution in [0.1, 0.15) is 18.4 Å². The van der Waals surface area contributed by atoms with E-state index in [0.29, 0.717) is 42.2 Å². The Morgan fingerprint density at radius 1 is 1.13 bits per heavy atom. The molecule has 2 aromatic rings. The molecule has 0 spiro atoms. The number of halogens is 1. The number of amides is 2. The SMILES string of the molecule is Cc1ccc(Cl)cc1N(CC(=O)N1CCC(C(N)=O)CC1)S(=O)(=O)c1ccccc1. The summed E-state index contributed by atoms with van der Waals surface area (Å²) in [5, 5.41) is 0.374. The second kappa shape index (κ2) is 9.06. The molecule has 0 unspecified atom stereocenters. The van der Waals surface area contributed by atoms with E-state index in [0.717, 1.165) is 4.31 Å². The zero-order valence-electron chi connectivity index (χ0n) is 16.6. The Bertz CT molecular complexity index is 1040. The van der Waals surface area contributed by atoms with E-state index in [1.807, 2.05) is 0 Å². The molecule has 9 heteroatoms. The van der Waals surface area contributed by atoms with Crippen molar-refractivity contribution in [3.8, 4) is 0 Å². The van der Waals surface area contributed by atoms with Crippen molar-refractivity contribution in [3.63, 3.8) is 0 Å². The molecule has 2 N–H and O–H groups in total. The van der Waals surface area contributed by atoms with Gasteiger partial charge in [0, 0.05) is 24.0 Å². The highest BCUT2D eigenvalue weighted by molar-refractivity contribution is 7.92. The van der Waals surface area contributed by atoms with E-state index in [9.17, 15) is 18.0 Å². The van der Waals surface area contributed by atoms with Gasteiger partial charge in [-0.3, -0.25) is 13.9 Å². The fraction of sp³-hybridized carbons (Fsp3) is 0.333. The summed E-state index contributed by atoms with van der Waals surface area (Å²) in [4.78, 5) is 26.0. The van der Waals surface area contributed by atoms with Crippen LogP contribution in [0.2, 0.25) is 5.02 Å². The average Bonchev–Trinajstić information content (AvgIpc) is 2.74. The number of hydrogen-bond donors (Lipinski definition) is 1. The van der Waals surface area contributed by atoms with Crippen LogP contribution in [0.3, 0.4) is 0 Å². The Kier molecular flexibility index (Phi) is 6.67. The van der Waals surface area contributed by atoms with Gasteiger partial charge in [0.15, 0.2) is 0 Å². The Balaban J connectivity index is 1.92. The molecule has 0 aromatic heterocycles. The zero-order chi connectivity index (χ0) is 21.9. The summed E-state index contributed by atoms with van der Waals surface area (Å²) >= 11 is 6.13. The quantitative estimate of drug-likeness (QED) is 0.732. The highest BCUT2D eigenvalue weighted by atomic mass is 35.5. The molecule has 1 aliphatic rings. The van der Waals surface area contributed by atoms with Gasteiger partial charge in [-0.15, -0.1) is 0 Å². The summed E-state index contributed by atoms with van der Waals surface area (Å²) in [6.07, 6.45) is 0.950. The molecule has 7 nitrogen and oxygen atoms in total. The van der Waals surface area contributed by atoms with Gasteiger partial charge in [-0.1, -0.05) is 35.9 Å². The molecule has 0 aliphatic carbocycles. The Morgan fingerprint density at radius 2 is 1.77 bits per heavy atom. The largest absolute Gasteiger partial charge is 0.369 e. The monoisotopic (exact) mass is 449 g/mol. The lowest BCUT2D eigenvalue weighted by atomic mass is 9.96. The van der Waals surface area contributed by atoms with Crippen molar-refractivity contribution in [1.29, 1.82) is 0 Å². The first-order valence-electron chi connectivity index (χ1n) is 9.61. The number of likely N-dealkylation sites (tertiary alicyclic amines) is 1. The van der Waals surface area contributed by atoms with Crippen molar-refractivity contribution in [1.82, 2.24) is 4.90 Å². The van der Waals surface area contributed by atoms with Crippen molar-refractivity contribution < 1.29 is 18.0 Å². The lowest BCUT2D eigenvalue weighted by Gasteiger charge is -2.33. The van der Waals surface area contributed by atoms with Gasteiger partial charge in [0.25, 0.3) is 10.0 Å². The number of benzene rings is 2. The van der Waals surface area contributed by atoms with Gasteiger partial charge in [0.2, 0.25) is 11.8 Å². The van der Waals surface area contributed by atoms with Gasteiger partial charge >= 0.3 is 0 Å². The molecule has 0 atom stereocenters. The van der Waals surface area contributed by atoms with Crippen molar-refractivity contribution in [2.75, 3.05) is 23.9 Å². The number of primary amides is 1. The Labute approximate surface area is 181 Å². The minimum atomic E-state index is -4.00. The first-order valence-corrected chi connectivity index (χ1v) is 11.4. The molecule has 0 saturated carbocycles. The van der Waals surface area contributed by atoms with E-state index < -0.39 is 10.0 Å². The van der Waals surface area contributed by atoms with Crippen LogP contribution in [0.25, 0.3) is 0 Å². The van der Waals surface area contributed by atoms with Gasteiger partial charge in [-0.2, -0.15) is 0 Å². The maximum atomic E-state index is 13.4. The number of carbonyl (C=O) groups is 2. The van der Waals surface area contributed by atoms with Crippen molar-refractivity contribution >= 4 is 39.1 Å². The molecule has 1 aliphatic heterocycles. The summed E-state index contributed by atoms with van der Waals surface area (Å²) in [5.41, 5.74) is 6.39. The lowest BCUT2D eigenvalue weighted by molar-refractivity contribution is -0.133. The van der Waals surface area contributed by atoms with E-state index in [1.54, 1.807) is 48.2 Å². The first-order chi connectivity index (χ1) is 14.2. The summed E-state index contributed by atoms with van der Waals surface area (Å²) in [7, 11) is -4.00. The predicted octanol–water partition coefficient (Wildman–Crippen LogP) is 2.57. The number of hydrogen-bond acceptors (Lipinski definition) is 4. The number of piperidine rings is 1. The van der Waals surface area contributed by atoms with Crippen LogP contribution in [-0.4, -0.2) is 44.8 Å². The summed E-state index contributed by atoms with van der Waals surface area (Å²) in [6, 6.07) is 12.9. The number of aryl methyl sites for hydroxylation is 1. The number of sulfonamides is 1. The molecule has 1 saturated heterocycles. The van der Waals surface area contributed by atoms with Gasteiger partial charge in [0.05, 0.1) is 10.6 Å². The lowest BCUT2D eigenvalue weighted by Crippen LogP contribution is -2.47. The second-order valence-electron chi connectivity index (χ2n) is 7.31. The topological polar surface area (TPSA) is 101 Å². The molecule has 2 aromatic carbocycles. The predicted molar refractivity (Wildman–Crippen MR) is 116 cm³/mol. The van der Waals surface area contributed by atoms with Crippen molar-refractivity contribution in [3.05, 3.63) is 59.1 Å². The molecule has 3 rings (SSSR count). The molecule has 30 heavy (non-hydrogen) atoms. The molecule has 0 bridgehead atoms. The highest BCUT2D eigenvalue weighted by Gasteiger charge is 2.32. The summed E-state index contributed by atoms with van der Waals surface area (Å²) in [6.45, 7) is 2.13.